The molecule has 0 saturated heterocycles. The Labute approximate surface area is 96.1 Å². The maximum absolute atomic E-state index is 11.5. The first-order chi connectivity index (χ1) is 7.51. The van der Waals surface area contributed by atoms with E-state index in [1.54, 1.807) is 21.0 Å². The van der Waals surface area contributed by atoms with Crippen molar-refractivity contribution in [2.75, 3.05) is 20.3 Å². The SMILES string of the molecule is CCNC(=O)NC(=O)C(C)NC(C)COC. The lowest BCUT2D eigenvalue weighted by atomic mass is 10.2. The van der Waals surface area contributed by atoms with Gasteiger partial charge in [0.2, 0.25) is 5.91 Å². The van der Waals surface area contributed by atoms with Crippen LogP contribution in [0.5, 0.6) is 0 Å². The number of rotatable bonds is 6. The van der Waals surface area contributed by atoms with Gasteiger partial charge in [0.15, 0.2) is 0 Å². The van der Waals surface area contributed by atoms with Gasteiger partial charge in [0.05, 0.1) is 12.6 Å². The predicted octanol–water partition coefficient (Wildman–Crippen LogP) is -0.155. The Bertz CT molecular complexity index is 233. The first kappa shape index (κ1) is 14.9. The van der Waals surface area contributed by atoms with E-state index in [-0.39, 0.29) is 11.9 Å². The van der Waals surface area contributed by atoms with Crippen LogP contribution in [-0.4, -0.2) is 44.3 Å². The molecule has 16 heavy (non-hydrogen) atoms. The average Bonchev–Trinajstić information content (AvgIpc) is 2.17. The van der Waals surface area contributed by atoms with E-state index in [0.29, 0.717) is 13.2 Å². The lowest BCUT2D eigenvalue weighted by Gasteiger charge is -2.18. The molecule has 0 aliphatic rings. The van der Waals surface area contributed by atoms with E-state index in [2.05, 4.69) is 16.0 Å². The molecule has 0 aliphatic heterocycles. The lowest BCUT2D eigenvalue weighted by molar-refractivity contribution is -0.121. The Morgan fingerprint density at radius 3 is 2.44 bits per heavy atom. The number of hydrogen-bond donors (Lipinski definition) is 3. The fraction of sp³-hybridized carbons (Fsp3) is 0.800. The standard InChI is InChI=1S/C10H21N3O3/c1-5-11-10(15)13-9(14)8(3)12-7(2)6-16-4/h7-8,12H,5-6H2,1-4H3,(H2,11,13,14,15). The smallest absolute Gasteiger partial charge is 0.321 e. The van der Waals surface area contributed by atoms with Crippen LogP contribution in [0.25, 0.3) is 0 Å². The fourth-order valence-corrected chi connectivity index (χ4v) is 1.23. The molecule has 0 radical (unpaired) electrons. The van der Waals surface area contributed by atoms with Crippen molar-refractivity contribution in [3.63, 3.8) is 0 Å². The molecule has 0 rings (SSSR count). The van der Waals surface area contributed by atoms with Gasteiger partial charge in [-0.25, -0.2) is 4.79 Å². The van der Waals surface area contributed by atoms with Crippen molar-refractivity contribution in [3.8, 4) is 0 Å². The van der Waals surface area contributed by atoms with Crippen molar-refractivity contribution in [1.82, 2.24) is 16.0 Å². The molecule has 0 aliphatic carbocycles. The van der Waals surface area contributed by atoms with Gasteiger partial charge in [-0.3, -0.25) is 10.1 Å². The molecule has 3 amide bonds. The van der Waals surface area contributed by atoms with Crippen LogP contribution in [0.2, 0.25) is 0 Å². The third-order valence-electron chi connectivity index (χ3n) is 1.92. The average molecular weight is 231 g/mol. The van der Waals surface area contributed by atoms with E-state index in [9.17, 15) is 9.59 Å². The highest BCUT2D eigenvalue weighted by atomic mass is 16.5. The Morgan fingerprint density at radius 2 is 1.94 bits per heavy atom. The zero-order chi connectivity index (χ0) is 12.6. The van der Waals surface area contributed by atoms with Gasteiger partial charge < -0.3 is 15.4 Å². The normalized spacial score (nSPS) is 14.0. The number of carbonyl (C=O) groups excluding carboxylic acids is 2. The molecular formula is C10H21N3O3. The van der Waals surface area contributed by atoms with Gasteiger partial charge in [-0.05, 0) is 20.8 Å². The Kier molecular flexibility index (Phi) is 7.49. The van der Waals surface area contributed by atoms with Crippen molar-refractivity contribution in [2.45, 2.75) is 32.9 Å². The van der Waals surface area contributed by atoms with Gasteiger partial charge in [0, 0.05) is 19.7 Å². The van der Waals surface area contributed by atoms with E-state index in [0.717, 1.165) is 0 Å². The van der Waals surface area contributed by atoms with E-state index in [1.807, 2.05) is 6.92 Å². The summed E-state index contributed by atoms with van der Waals surface area (Å²) < 4.78 is 4.93. The number of imide groups is 1. The third-order valence-corrected chi connectivity index (χ3v) is 1.92. The van der Waals surface area contributed by atoms with Crippen LogP contribution in [0.15, 0.2) is 0 Å². The summed E-state index contributed by atoms with van der Waals surface area (Å²) in [6, 6.07) is -0.853. The first-order valence-corrected chi connectivity index (χ1v) is 5.34. The summed E-state index contributed by atoms with van der Waals surface area (Å²) in [6.45, 7) is 6.38. The van der Waals surface area contributed by atoms with Crippen molar-refractivity contribution in [3.05, 3.63) is 0 Å². The molecule has 0 aromatic rings. The second-order valence-corrected chi connectivity index (χ2v) is 3.59. The van der Waals surface area contributed by atoms with Gasteiger partial charge in [0.1, 0.15) is 0 Å². The number of urea groups is 1. The number of amides is 3. The van der Waals surface area contributed by atoms with E-state index in [1.165, 1.54) is 0 Å². The molecule has 3 N–H and O–H groups in total. The monoisotopic (exact) mass is 231 g/mol. The molecule has 0 aromatic carbocycles. The first-order valence-electron chi connectivity index (χ1n) is 5.34. The topological polar surface area (TPSA) is 79.5 Å². The summed E-state index contributed by atoms with van der Waals surface area (Å²) in [4.78, 5) is 22.6. The van der Waals surface area contributed by atoms with Crippen molar-refractivity contribution >= 4 is 11.9 Å². The number of ether oxygens (including phenoxy) is 1. The molecule has 0 fully saturated rings. The van der Waals surface area contributed by atoms with E-state index >= 15 is 0 Å². The van der Waals surface area contributed by atoms with E-state index < -0.39 is 12.1 Å². The molecule has 0 heterocycles. The van der Waals surface area contributed by atoms with Crippen LogP contribution in [0.3, 0.4) is 0 Å². The number of carbonyl (C=O) groups is 2. The predicted molar refractivity (Wildman–Crippen MR) is 61.2 cm³/mol. The van der Waals surface area contributed by atoms with Crippen molar-refractivity contribution in [1.29, 1.82) is 0 Å². The summed E-state index contributed by atoms with van der Waals surface area (Å²) >= 11 is 0. The number of methoxy groups -OCH3 is 1. The Balaban J connectivity index is 3.94. The number of nitrogens with one attached hydrogen (secondary N) is 3. The second-order valence-electron chi connectivity index (χ2n) is 3.59. The highest BCUT2D eigenvalue weighted by Crippen LogP contribution is 1.88. The highest BCUT2D eigenvalue weighted by Gasteiger charge is 2.16. The van der Waals surface area contributed by atoms with Gasteiger partial charge in [-0.15, -0.1) is 0 Å². The Morgan fingerprint density at radius 1 is 1.31 bits per heavy atom. The molecule has 94 valence electrons. The minimum Gasteiger partial charge on any atom is -0.383 e. The summed E-state index contributed by atoms with van der Waals surface area (Å²) in [5, 5.41) is 7.73. The van der Waals surface area contributed by atoms with Crippen LogP contribution in [0.4, 0.5) is 4.79 Å². The minimum atomic E-state index is -0.472. The van der Waals surface area contributed by atoms with E-state index in [4.69, 9.17) is 4.74 Å². The van der Waals surface area contributed by atoms with Crippen LogP contribution in [-0.2, 0) is 9.53 Å². The number of hydrogen-bond acceptors (Lipinski definition) is 4. The molecular weight excluding hydrogens is 210 g/mol. The van der Waals surface area contributed by atoms with Gasteiger partial charge in [-0.1, -0.05) is 0 Å². The van der Waals surface area contributed by atoms with Crippen molar-refractivity contribution < 1.29 is 14.3 Å². The van der Waals surface area contributed by atoms with Crippen LogP contribution < -0.4 is 16.0 Å². The zero-order valence-corrected chi connectivity index (χ0v) is 10.3. The molecule has 0 bridgehead atoms. The van der Waals surface area contributed by atoms with Gasteiger partial charge in [-0.2, -0.15) is 0 Å². The highest BCUT2D eigenvalue weighted by molar-refractivity contribution is 5.96. The second kappa shape index (κ2) is 8.06. The molecule has 0 saturated carbocycles. The van der Waals surface area contributed by atoms with Crippen molar-refractivity contribution in [2.24, 2.45) is 0 Å². The Hall–Kier alpha value is -1.14. The van der Waals surface area contributed by atoms with Gasteiger partial charge >= 0.3 is 6.03 Å². The largest absolute Gasteiger partial charge is 0.383 e. The summed E-state index contributed by atoms with van der Waals surface area (Å²) in [5.41, 5.74) is 0. The summed E-state index contributed by atoms with van der Waals surface area (Å²) in [6.07, 6.45) is 0. The summed E-state index contributed by atoms with van der Waals surface area (Å²) in [7, 11) is 1.59. The maximum atomic E-state index is 11.5. The minimum absolute atomic E-state index is 0.0555. The molecule has 0 spiro atoms. The van der Waals surface area contributed by atoms with Crippen LogP contribution >= 0.6 is 0 Å². The lowest BCUT2D eigenvalue weighted by Crippen LogP contribution is -2.50. The fourth-order valence-electron chi connectivity index (χ4n) is 1.23. The van der Waals surface area contributed by atoms with Gasteiger partial charge in [0.25, 0.3) is 0 Å². The molecule has 6 heteroatoms. The quantitative estimate of drug-likeness (QED) is 0.593. The van der Waals surface area contributed by atoms with Crippen LogP contribution in [0.1, 0.15) is 20.8 Å². The maximum Gasteiger partial charge on any atom is 0.321 e. The summed E-state index contributed by atoms with van der Waals surface area (Å²) in [5.74, 6) is -0.353. The molecule has 2 atom stereocenters. The third kappa shape index (κ3) is 6.36. The zero-order valence-electron chi connectivity index (χ0n) is 10.3. The molecule has 0 aromatic heterocycles. The molecule has 6 nitrogen and oxygen atoms in total. The van der Waals surface area contributed by atoms with Crippen LogP contribution in [0, 0.1) is 0 Å². The molecule has 2 unspecified atom stereocenters.